The van der Waals surface area contributed by atoms with Crippen LogP contribution in [0, 0.1) is 0 Å². The lowest BCUT2D eigenvalue weighted by molar-refractivity contribution is 0.0690. The Hall–Kier alpha value is -2.89. The fourth-order valence-electron chi connectivity index (χ4n) is 1.98. The number of pyridine rings is 1. The minimum Gasteiger partial charge on any atom is -0.479 e. The molecule has 0 aliphatic heterocycles. The summed E-state index contributed by atoms with van der Waals surface area (Å²) in [5.74, 6) is -0.333. The van der Waals surface area contributed by atoms with Crippen LogP contribution in [0.2, 0.25) is 0 Å². The zero-order valence-electron chi connectivity index (χ0n) is 11.2. The van der Waals surface area contributed by atoms with E-state index in [1.807, 2.05) is 24.3 Å². The van der Waals surface area contributed by atoms with Crippen molar-refractivity contribution in [1.29, 1.82) is 0 Å². The van der Waals surface area contributed by atoms with Gasteiger partial charge < -0.3 is 14.3 Å². The van der Waals surface area contributed by atoms with E-state index in [1.165, 1.54) is 0 Å². The highest BCUT2D eigenvalue weighted by Crippen LogP contribution is 2.27. The van der Waals surface area contributed by atoms with Gasteiger partial charge in [0.25, 0.3) is 0 Å². The minimum atomic E-state index is -1.14. The molecule has 21 heavy (non-hydrogen) atoms. The smallest absolute Gasteiger partial charge is 0.357 e. The van der Waals surface area contributed by atoms with E-state index in [9.17, 15) is 4.79 Å². The van der Waals surface area contributed by atoms with Gasteiger partial charge in [-0.05, 0) is 19.1 Å². The van der Waals surface area contributed by atoms with Crippen LogP contribution in [0.25, 0.3) is 10.9 Å². The predicted molar refractivity (Wildman–Crippen MR) is 74.2 cm³/mol. The van der Waals surface area contributed by atoms with Gasteiger partial charge in [0.1, 0.15) is 17.5 Å². The molecule has 0 fully saturated rings. The molecule has 6 nitrogen and oxygen atoms in total. The number of oxazole rings is 1. The van der Waals surface area contributed by atoms with Crippen LogP contribution in [0.3, 0.4) is 0 Å². The summed E-state index contributed by atoms with van der Waals surface area (Å²) in [4.78, 5) is 19.0. The van der Waals surface area contributed by atoms with Gasteiger partial charge in [-0.3, -0.25) is 4.98 Å². The number of aromatic nitrogens is 2. The van der Waals surface area contributed by atoms with Gasteiger partial charge in [-0.2, -0.15) is 0 Å². The van der Waals surface area contributed by atoms with Gasteiger partial charge in [0, 0.05) is 11.6 Å². The summed E-state index contributed by atoms with van der Waals surface area (Å²) in [6.45, 7) is 1.74. The molecule has 2 aromatic heterocycles. The molecular weight excluding hydrogens is 272 g/mol. The molecule has 0 amide bonds. The Morgan fingerprint density at radius 1 is 1.33 bits per heavy atom. The topological polar surface area (TPSA) is 85.5 Å². The van der Waals surface area contributed by atoms with Gasteiger partial charge in [-0.25, -0.2) is 9.78 Å². The number of carboxylic acids is 1. The number of aromatic carboxylic acids is 1. The number of hydrogen-bond donors (Lipinski definition) is 1. The number of benzene rings is 1. The van der Waals surface area contributed by atoms with E-state index in [2.05, 4.69) is 9.97 Å². The molecule has 2 heterocycles. The Balaban J connectivity index is 1.89. The van der Waals surface area contributed by atoms with E-state index >= 15 is 0 Å². The highest BCUT2D eigenvalue weighted by atomic mass is 16.5. The SMILES string of the molecule is CC(Oc1cccc2cccnc12)c1nc(C(=O)O)co1. The second kappa shape index (κ2) is 5.24. The zero-order chi connectivity index (χ0) is 14.8. The van der Waals surface area contributed by atoms with Crippen molar-refractivity contribution in [2.75, 3.05) is 0 Å². The van der Waals surface area contributed by atoms with Crippen molar-refractivity contribution in [2.24, 2.45) is 0 Å². The minimum absolute atomic E-state index is 0.142. The van der Waals surface area contributed by atoms with Gasteiger partial charge >= 0.3 is 5.97 Å². The largest absolute Gasteiger partial charge is 0.479 e. The quantitative estimate of drug-likeness (QED) is 0.792. The summed E-state index contributed by atoms with van der Waals surface area (Å²) in [5.41, 5.74) is 0.591. The third-order valence-electron chi connectivity index (χ3n) is 2.99. The number of ether oxygens (including phenoxy) is 1. The number of hydrogen-bond acceptors (Lipinski definition) is 5. The van der Waals surface area contributed by atoms with E-state index in [0.29, 0.717) is 5.75 Å². The maximum absolute atomic E-state index is 10.8. The van der Waals surface area contributed by atoms with Crippen LogP contribution in [0.4, 0.5) is 0 Å². The number of nitrogens with zero attached hydrogens (tertiary/aromatic N) is 2. The first-order valence-electron chi connectivity index (χ1n) is 6.34. The Bertz CT molecular complexity index is 792. The number of fused-ring (bicyclic) bond motifs is 1. The Morgan fingerprint density at radius 2 is 2.14 bits per heavy atom. The second-order valence-corrected chi connectivity index (χ2v) is 4.47. The van der Waals surface area contributed by atoms with Crippen molar-refractivity contribution < 1.29 is 19.1 Å². The lowest BCUT2D eigenvalue weighted by Gasteiger charge is -2.12. The molecule has 3 rings (SSSR count). The molecule has 0 aliphatic carbocycles. The van der Waals surface area contributed by atoms with Gasteiger partial charge in [-0.15, -0.1) is 0 Å². The summed E-state index contributed by atoms with van der Waals surface area (Å²) >= 11 is 0. The Morgan fingerprint density at radius 3 is 2.90 bits per heavy atom. The highest BCUT2D eigenvalue weighted by Gasteiger charge is 2.18. The average molecular weight is 284 g/mol. The monoisotopic (exact) mass is 284 g/mol. The van der Waals surface area contributed by atoms with Crippen LogP contribution in [0.15, 0.2) is 47.2 Å². The van der Waals surface area contributed by atoms with Crippen molar-refractivity contribution in [3.05, 3.63) is 54.4 Å². The maximum atomic E-state index is 10.8. The van der Waals surface area contributed by atoms with Crippen molar-refractivity contribution in [3.63, 3.8) is 0 Å². The third kappa shape index (κ3) is 2.55. The zero-order valence-corrected chi connectivity index (χ0v) is 11.2. The molecule has 0 bridgehead atoms. The van der Waals surface area contributed by atoms with Crippen LogP contribution in [0.1, 0.15) is 29.4 Å². The van der Waals surface area contributed by atoms with Crippen molar-refractivity contribution >= 4 is 16.9 Å². The first kappa shape index (κ1) is 13.1. The van der Waals surface area contributed by atoms with E-state index in [-0.39, 0.29) is 11.6 Å². The van der Waals surface area contributed by atoms with E-state index < -0.39 is 12.1 Å². The highest BCUT2D eigenvalue weighted by molar-refractivity contribution is 5.85. The van der Waals surface area contributed by atoms with Crippen molar-refractivity contribution in [3.8, 4) is 5.75 Å². The fourth-order valence-corrected chi connectivity index (χ4v) is 1.98. The molecule has 0 saturated heterocycles. The molecule has 0 saturated carbocycles. The van der Waals surface area contributed by atoms with E-state index in [0.717, 1.165) is 17.2 Å². The average Bonchev–Trinajstić information content (AvgIpc) is 2.98. The molecule has 6 heteroatoms. The Kier molecular flexibility index (Phi) is 3.27. The van der Waals surface area contributed by atoms with Gasteiger partial charge in [0.15, 0.2) is 11.8 Å². The first-order valence-corrected chi connectivity index (χ1v) is 6.34. The standard InChI is InChI=1S/C15H12N2O4/c1-9(14-17-11(8-20-14)15(18)19)21-12-6-2-4-10-5-3-7-16-13(10)12/h2-9H,1H3,(H,18,19). The lowest BCUT2D eigenvalue weighted by atomic mass is 10.2. The second-order valence-electron chi connectivity index (χ2n) is 4.47. The van der Waals surface area contributed by atoms with Gasteiger partial charge in [-0.1, -0.05) is 18.2 Å². The summed E-state index contributed by atoms with van der Waals surface area (Å²) < 4.78 is 10.9. The molecule has 0 spiro atoms. The summed E-state index contributed by atoms with van der Waals surface area (Å²) in [6, 6.07) is 9.39. The molecule has 0 aliphatic rings. The van der Waals surface area contributed by atoms with Crippen LogP contribution < -0.4 is 4.74 Å². The predicted octanol–water partition coefficient (Wildman–Crippen LogP) is 3.06. The molecule has 3 aromatic rings. The molecule has 0 radical (unpaired) electrons. The van der Waals surface area contributed by atoms with Crippen LogP contribution in [0.5, 0.6) is 5.75 Å². The fraction of sp³-hybridized carbons (Fsp3) is 0.133. The van der Waals surface area contributed by atoms with E-state index in [1.54, 1.807) is 19.2 Å². The first-order chi connectivity index (χ1) is 10.1. The maximum Gasteiger partial charge on any atom is 0.357 e. The van der Waals surface area contributed by atoms with Gasteiger partial charge in [0.05, 0.1) is 0 Å². The molecule has 106 valence electrons. The van der Waals surface area contributed by atoms with Crippen molar-refractivity contribution in [1.82, 2.24) is 9.97 Å². The normalized spacial score (nSPS) is 12.2. The van der Waals surface area contributed by atoms with Crippen LogP contribution >= 0.6 is 0 Å². The van der Waals surface area contributed by atoms with Crippen LogP contribution in [-0.2, 0) is 0 Å². The molecule has 1 aromatic carbocycles. The number of carbonyl (C=O) groups is 1. The number of carboxylic acid groups (broad SMARTS) is 1. The van der Waals surface area contributed by atoms with Crippen LogP contribution in [-0.4, -0.2) is 21.0 Å². The molecule has 1 atom stereocenters. The number of para-hydroxylation sites is 1. The number of rotatable bonds is 4. The third-order valence-corrected chi connectivity index (χ3v) is 2.99. The van der Waals surface area contributed by atoms with Gasteiger partial charge in [0.2, 0.25) is 5.89 Å². The molecular formula is C15H12N2O4. The summed E-state index contributed by atoms with van der Waals surface area (Å²) in [6.07, 6.45) is 2.26. The Labute approximate surface area is 120 Å². The summed E-state index contributed by atoms with van der Waals surface area (Å²) in [7, 11) is 0. The van der Waals surface area contributed by atoms with E-state index in [4.69, 9.17) is 14.3 Å². The summed E-state index contributed by atoms with van der Waals surface area (Å²) in [5, 5.41) is 9.80. The molecule has 1 unspecified atom stereocenters. The molecule has 1 N–H and O–H groups in total. The van der Waals surface area contributed by atoms with Crippen molar-refractivity contribution in [2.45, 2.75) is 13.0 Å². The lowest BCUT2D eigenvalue weighted by Crippen LogP contribution is -2.05.